The molecule has 1 aliphatic rings. The summed E-state index contributed by atoms with van der Waals surface area (Å²) in [6, 6.07) is 0. The first kappa shape index (κ1) is 4.65. The lowest BCUT2D eigenvalue weighted by Crippen LogP contribution is -1.99. The maximum absolute atomic E-state index is 4.56. The molecule has 0 saturated carbocycles. The van der Waals surface area contributed by atoms with E-state index in [1.807, 2.05) is 6.92 Å². The minimum Gasteiger partial charge on any atom is -0.346 e. The van der Waals surface area contributed by atoms with E-state index in [0.717, 1.165) is 6.42 Å². The van der Waals surface area contributed by atoms with Gasteiger partial charge in [-0.1, -0.05) is 0 Å². The van der Waals surface area contributed by atoms with Crippen molar-refractivity contribution in [1.29, 1.82) is 0 Å². The zero-order chi connectivity index (χ0) is 5.11. The van der Waals surface area contributed by atoms with Gasteiger partial charge in [-0.25, -0.2) is 0 Å². The Morgan fingerprint density at radius 2 is 2.57 bits per heavy atom. The second kappa shape index (κ2) is 1.98. The van der Waals surface area contributed by atoms with E-state index in [1.165, 1.54) is 5.57 Å². The summed E-state index contributed by atoms with van der Waals surface area (Å²) in [5, 5.41) is 0. The summed E-state index contributed by atoms with van der Waals surface area (Å²) in [5.41, 5.74) is 1.24. The molecule has 0 aliphatic carbocycles. The van der Waals surface area contributed by atoms with Crippen molar-refractivity contribution < 1.29 is 9.78 Å². The van der Waals surface area contributed by atoms with Crippen molar-refractivity contribution >= 4 is 0 Å². The van der Waals surface area contributed by atoms with Gasteiger partial charge in [-0.2, -0.15) is 4.89 Å². The lowest BCUT2D eigenvalue weighted by Gasteiger charge is -2.06. The van der Waals surface area contributed by atoms with Gasteiger partial charge in [0.05, 0.1) is 6.61 Å². The zero-order valence-electron chi connectivity index (χ0n) is 4.31. The highest BCUT2D eigenvalue weighted by Gasteiger charge is 1.96. The molecule has 2 heteroatoms. The lowest BCUT2D eigenvalue weighted by atomic mass is 10.2. The second-order valence-electron chi connectivity index (χ2n) is 1.63. The summed E-state index contributed by atoms with van der Waals surface area (Å²) in [6.07, 6.45) is 2.63. The molecule has 0 saturated heterocycles. The highest BCUT2D eigenvalue weighted by Crippen LogP contribution is 2.05. The summed E-state index contributed by atoms with van der Waals surface area (Å²) >= 11 is 0. The Bertz CT molecular complexity index is 86.1. The van der Waals surface area contributed by atoms with Gasteiger partial charge in [0.15, 0.2) is 0 Å². The third kappa shape index (κ3) is 1.20. The van der Waals surface area contributed by atoms with Crippen LogP contribution in [0.3, 0.4) is 0 Å². The molecule has 0 amide bonds. The van der Waals surface area contributed by atoms with Gasteiger partial charge in [0.1, 0.15) is 6.26 Å². The quantitative estimate of drug-likeness (QED) is 0.426. The van der Waals surface area contributed by atoms with Crippen LogP contribution in [0.1, 0.15) is 13.3 Å². The van der Waals surface area contributed by atoms with Crippen LogP contribution >= 0.6 is 0 Å². The average Bonchev–Trinajstić information content (AvgIpc) is 1.69. The molecule has 1 rings (SSSR count). The third-order valence-corrected chi connectivity index (χ3v) is 0.897. The van der Waals surface area contributed by atoms with Crippen LogP contribution in [0.2, 0.25) is 0 Å². The normalized spacial score (nSPS) is 20.4. The van der Waals surface area contributed by atoms with Crippen LogP contribution in [0.5, 0.6) is 0 Å². The molecule has 0 N–H and O–H groups in total. The Morgan fingerprint density at radius 3 is 2.86 bits per heavy atom. The summed E-state index contributed by atoms with van der Waals surface area (Å²) in [6.45, 7) is 2.71. The minimum absolute atomic E-state index is 0.697. The van der Waals surface area contributed by atoms with Gasteiger partial charge in [-0.15, -0.1) is 0 Å². The summed E-state index contributed by atoms with van der Waals surface area (Å²) < 4.78 is 0. The van der Waals surface area contributed by atoms with E-state index < -0.39 is 0 Å². The fourth-order valence-corrected chi connectivity index (χ4v) is 0.426. The monoisotopic (exact) mass is 100 g/mol. The van der Waals surface area contributed by atoms with Crippen molar-refractivity contribution in [3.8, 4) is 0 Å². The second-order valence-corrected chi connectivity index (χ2v) is 1.63. The van der Waals surface area contributed by atoms with E-state index in [9.17, 15) is 0 Å². The zero-order valence-corrected chi connectivity index (χ0v) is 4.31. The molecule has 0 aromatic carbocycles. The minimum atomic E-state index is 0.697. The Morgan fingerprint density at radius 1 is 1.71 bits per heavy atom. The molecule has 0 bridgehead atoms. The number of hydrogen-bond acceptors (Lipinski definition) is 2. The van der Waals surface area contributed by atoms with Crippen LogP contribution in [0, 0.1) is 0 Å². The van der Waals surface area contributed by atoms with Crippen LogP contribution in [0.4, 0.5) is 0 Å². The van der Waals surface area contributed by atoms with Crippen LogP contribution in [-0.4, -0.2) is 6.61 Å². The molecule has 7 heavy (non-hydrogen) atoms. The molecule has 0 spiro atoms. The van der Waals surface area contributed by atoms with Crippen LogP contribution in [-0.2, 0) is 9.78 Å². The largest absolute Gasteiger partial charge is 0.346 e. The molecule has 0 atom stereocenters. The van der Waals surface area contributed by atoms with E-state index in [1.54, 1.807) is 6.26 Å². The molecular formula is C5H8O2. The molecule has 0 radical (unpaired) electrons. The number of rotatable bonds is 0. The average molecular weight is 100 g/mol. The maximum atomic E-state index is 4.56. The van der Waals surface area contributed by atoms with Gasteiger partial charge in [-0.3, -0.25) is 0 Å². The van der Waals surface area contributed by atoms with Crippen molar-refractivity contribution in [2.45, 2.75) is 13.3 Å². The standard InChI is InChI=1S/C5H8O2/c1-5-2-3-6-7-4-5/h4H,2-3H2,1H3. The predicted octanol–water partition coefficient (Wildman–Crippen LogP) is 1.24. The summed E-state index contributed by atoms with van der Waals surface area (Å²) in [7, 11) is 0. The highest BCUT2D eigenvalue weighted by molar-refractivity contribution is 4.93. The summed E-state index contributed by atoms with van der Waals surface area (Å²) in [4.78, 5) is 9.08. The molecule has 2 nitrogen and oxygen atoms in total. The molecule has 0 unspecified atom stereocenters. The van der Waals surface area contributed by atoms with E-state index in [-0.39, 0.29) is 0 Å². The van der Waals surface area contributed by atoms with E-state index in [0.29, 0.717) is 6.61 Å². The van der Waals surface area contributed by atoms with Crippen molar-refractivity contribution in [3.05, 3.63) is 11.8 Å². The van der Waals surface area contributed by atoms with Gasteiger partial charge < -0.3 is 4.89 Å². The maximum Gasteiger partial charge on any atom is 0.128 e. The van der Waals surface area contributed by atoms with Crippen LogP contribution in [0.25, 0.3) is 0 Å². The summed E-state index contributed by atoms with van der Waals surface area (Å²) in [5.74, 6) is 0. The first-order chi connectivity index (χ1) is 3.39. The van der Waals surface area contributed by atoms with Crippen molar-refractivity contribution in [2.24, 2.45) is 0 Å². The van der Waals surface area contributed by atoms with Gasteiger partial charge in [0, 0.05) is 0 Å². The first-order valence-electron chi connectivity index (χ1n) is 2.33. The Labute approximate surface area is 42.7 Å². The molecule has 1 heterocycles. The molecule has 0 fully saturated rings. The Kier molecular flexibility index (Phi) is 1.32. The van der Waals surface area contributed by atoms with E-state index in [4.69, 9.17) is 0 Å². The fourth-order valence-electron chi connectivity index (χ4n) is 0.426. The topological polar surface area (TPSA) is 18.5 Å². The van der Waals surface area contributed by atoms with Crippen LogP contribution in [0.15, 0.2) is 11.8 Å². The molecule has 0 aromatic rings. The predicted molar refractivity (Wildman–Crippen MR) is 25.4 cm³/mol. The molecule has 1 aliphatic heterocycles. The molecular weight excluding hydrogens is 92.1 g/mol. The first-order valence-corrected chi connectivity index (χ1v) is 2.33. The van der Waals surface area contributed by atoms with Crippen molar-refractivity contribution in [2.75, 3.05) is 6.61 Å². The third-order valence-electron chi connectivity index (χ3n) is 0.897. The van der Waals surface area contributed by atoms with E-state index in [2.05, 4.69) is 9.78 Å². The molecule has 0 aromatic heterocycles. The van der Waals surface area contributed by atoms with Crippen LogP contribution < -0.4 is 0 Å². The highest BCUT2D eigenvalue weighted by atomic mass is 17.2. The smallest absolute Gasteiger partial charge is 0.128 e. The fraction of sp³-hybridized carbons (Fsp3) is 0.600. The van der Waals surface area contributed by atoms with Gasteiger partial charge >= 0.3 is 0 Å². The van der Waals surface area contributed by atoms with Gasteiger partial charge in [0.2, 0.25) is 0 Å². The Hall–Kier alpha value is -0.500. The van der Waals surface area contributed by atoms with E-state index >= 15 is 0 Å². The van der Waals surface area contributed by atoms with Gasteiger partial charge in [-0.05, 0) is 18.9 Å². The van der Waals surface area contributed by atoms with Crippen molar-refractivity contribution in [3.63, 3.8) is 0 Å². The van der Waals surface area contributed by atoms with Gasteiger partial charge in [0.25, 0.3) is 0 Å². The molecule has 40 valence electrons. The SMILES string of the molecule is CC1=COOCC1. The Balaban J connectivity index is 2.40. The van der Waals surface area contributed by atoms with Crippen molar-refractivity contribution in [1.82, 2.24) is 0 Å². The number of hydrogen-bond donors (Lipinski definition) is 0. The lowest BCUT2D eigenvalue weighted by molar-refractivity contribution is -0.256.